The Morgan fingerprint density at radius 1 is 0.474 bits per heavy atom. The van der Waals surface area contributed by atoms with E-state index in [9.17, 15) is 19.2 Å². The number of nitrogens with one attached hydrogen (secondary N) is 1. The van der Waals surface area contributed by atoms with Gasteiger partial charge < -0.3 is 38.6 Å². The summed E-state index contributed by atoms with van der Waals surface area (Å²) in [5.41, 5.74) is 6.81. The Kier molecular flexibility index (Phi) is 33.5. The predicted octanol–water partition coefficient (Wildman–Crippen LogP) is 13.9. The van der Waals surface area contributed by atoms with Crippen molar-refractivity contribution in [2.75, 3.05) is 39.5 Å². The van der Waals surface area contributed by atoms with E-state index in [4.69, 9.17) is 28.4 Å². The lowest BCUT2D eigenvalue weighted by atomic mass is 10.1. The molecule has 13 heteroatoms. The number of carbonyl (C=O) groups excluding carboxylic acids is 4. The summed E-state index contributed by atoms with van der Waals surface area (Å²) in [6, 6.07) is 52.1. The molecule has 0 saturated carbocycles. The maximum absolute atomic E-state index is 12.2. The minimum atomic E-state index is -0.361. The van der Waals surface area contributed by atoms with E-state index in [1.807, 2.05) is 110 Å². The highest BCUT2D eigenvalue weighted by Gasteiger charge is 2.11. The van der Waals surface area contributed by atoms with Crippen LogP contribution in [-0.2, 0) is 67.8 Å². The molecule has 0 spiro atoms. The van der Waals surface area contributed by atoms with E-state index in [-0.39, 0.29) is 50.1 Å². The van der Waals surface area contributed by atoms with Crippen molar-refractivity contribution in [3.63, 3.8) is 0 Å². The van der Waals surface area contributed by atoms with Crippen LogP contribution in [0.2, 0.25) is 0 Å². The summed E-state index contributed by atoms with van der Waals surface area (Å²) in [5.74, 6) is 2.79. The summed E-state index contributed by atoms with van der Waals surface area (Å²) >= 11 is 4.64. The van der Waals surface area contributed by atoms with Gasteiger partial charge in [-0.25, -0.2) is 0 Å². The normalized spacial score (nSPS) is 10.3. The van der Waals surface area contributed by atoms with Crippen molar-refractivity contribution >= 4 is 34.7 Å². The zero-order valence-electron chi connectivity index (χ0n) is 45.6. The molecule has 0 radical (unpaired) electrons. The fraction of sp³-hybridized carbons (Fsp3) is 0.385. The van der Waals surface area contributed by atoms with Gasteiger partial charge in [0.1, 0.15) is 36.2 Å². The number of amides is 1. The fourth-order valence-electron chi connectivity index (χ4n) is 7.76. The third kappa shape index (κ3) is 30.0. The van der Waals surface area contributed by atoms with Gasteiger partial charge in [0.05, 0.1) is 26.4 Å². The molecule has 1 amide bonds. The van der Waals surface area contributed by atoms with Gasteiger partial charge in [0, 0.05) is 46.3 Å². The lowest BCUT2D eigenvalue weighted by Crippen LogP contribution is -2.29. The number of unbranched alkanes of at least 4 members (excludes halogenated alkanes) is 2. The highest BCUT2D eigenvalue weighted by Crippen LogP contribution is 2.19. The summed E-state index contributed by atoms with van der Waals surface area (Å²) in [4.78, 5) is 47.4. The molecule has 6 aromatic rings. The fourth-order valence-corrected chi connectivity index (χ4v) is 7.76. The van der Waals surface area contributed by atoms with Crippen LogP contribution in [0.15, 0.2) is 158 Å². The van der Waals surface area contributed by atoms with Crippen LogP contribution < -0.4 is 24.3 Å². The van der Waals surface area contributed by atoms with Gasteiger partial charge in [0.2, 0.25) is 11.1 Å². The second-order valence-corrected chi connectivity index (χ2v) is 18.7. The largest absolute Gasteiger partial charge is 0.494 e. The van der Waals surface area contributed by atoms with Gasteiger partial charge in [-0.15, -0.1) is 0 Å². The number of carbonyl (C=O) groups is 4. The third-order valence-electron chi connectivity index (χ3n) is 11.7. The SMILES string of the molecule is C.CC(=O)Cl.CCOc1ccc(COC(=O)CCCOc2cccc(CN(CCCCc3ccccc3)C(C)=O)c2)cc1.CCOc1ccc(COC(=O)CCCOc2cccc(CNCCCCc3ccccc3)c2)cc1. The Balaban J connectivity index is 0.000000380. The first-order valence-corrected chi connectivity index (χ1v) is 27.3. The number of hydrogen-bond acceptors (Lipinski definition) is 11. The Morgan fingerprint density at radius 2 is 0.910 bits per heavy atom. The molecule has 0 unspecified atom stereocenters. The van der Waals surface area contributed by atoms with Crippen molar-refractivity contribution in [2.24, 2.45) is 0 Å². The molecule has 0 aliphatic carbocycles. The molecule has 0 aromatic heterocycles. The first-order valence-electron chi connectivity index (χ1n) is 26.9. The van der Waals surface area contributed by atoms with Crippen LogP contribution in [0.1, 0.15) is 120 Å². The smallest absolute Gasteiger partial charge is 0.306 e. The maximum Gasteiger partial charge on any atom is 0.306 e. The van der Waals surface area contributed by atoms with Gasteiger partial charge in [-0.1, -0.05) is 117 Å². The molecule has 6 aromatic carbocycles. The summed E-state index contributed by atoms with van der Waals surface area (Å²) < 4.78 is 33.2. The van der Waals surface area contributed by atoms with Crippen LogP contribution in [0.5, 0.6) is 23.0 Å². The van der Waals surface area contributed by atoms with Crippen molar-refractivity contribution in [1.29, 1.82) is 0 Å². The van der Waals surface area contributed by atoms with Gasteiger partial charge in [0.25, 0.3) is 0 Å². The highest BCUT2D eigenvalue weighted by molar-refractivity contribution is 6.62. The molecule has 0 bridgehead atoms. The number of halogens is 1. The zero-order chi connectivity index (χ0) is 55.1. The van der Waals surface area contributed by atoms with Gasteiger partial charge in [-0.05, 0) is 165 Å². The molecule has 0 heterocycles. The second-order valence-electron chi connectivity index (χ2n) is 18.1. The lowest BCUT2D eigenvalue weighted by Gasteiger charge is -2.21. The molecule has 6 rings (SSSR count). The van der Waals surface area contributed by atoms with Crippen LogP contribution in [-0.4, -0.2) is 67.5 Å². The lowest BCUT2D eigenvalue weighted by molar-refractivity contribution is -0.146. The van der Waals surface area contributed by atoms with E-state index >= 15 is 0 Å². The molecule has 0 fully saturated rings. The van der Waals surface area contributed by atoms with Crippen molar-refractivity contribution < 1.29 is 47.6 Å². The topological polar surface area (TPSA) is 139 Å². The molecule has 0 aliphatic rings. The number of hydrogen-bond donors (Lipinski definition) is 1. The number of rotatable bonds is 32. The van der Waals surface area contributed by atoms with Crippen molar-refractivity contribution in [3.05, 3.63) is 191 Å². The molecule has 0 aliphatic heterocycles. The average molecular weight is 1090 g/mol. The highest BCUT2D eigenvalue weighted by atomic mass is 35.5. The standard InChI is InChI=1S/C32H39NO5.C30H37NO4.C2H3ClO.CH4/c1-3-36-30-19-17-28(18-20-30)25-38-32(35)16-10-22-37-31-15-9-14-29(23-31)24-33(26(2)34)21-8-7-13-27-11-5-4-6-12-27;1-2-33-28-18-16-26(17-19-28)24-35-30(32)15-9-21-34-29-14-8-13-27(22-29)23-31-20-7-6-12-25-10-4-3-5-11-25;1-2(3)4;/h4-6,9,11-12,14-15,17-20,23H,3,7-8,10,13,16,21-22,24-25H2,1-2H3;3-5,8,10-11,13-14,16-19,22,31H,2,6-7,9,12,15,20-21,23-24H2,1H3;1H3;1H4. The van der Waals surface area contributed by atoms with E-state index in [2.05, 4.69) is 83.6 Å². The summed E-state index contributed by atoms with van der Waals surface area (Å²) in [7, 11) is 0. The van der Waals surface area contributed by atoms with Crippen LogP contribution in [0.4, 0.5) is 0 Å². The average Bonchev–Trinajstić information content (AvgIpc) is 3.43. The van der Waals surface area contributed by atoms with Gasteiger partial charge >= 0.3 is 11.9 Å². The van der Waals surface area contributed by atoms with Gasteiger partial charge in [0.15, 0.2) is 0 Å². The van der Waals surface area contributed by atoms with Gasteiger partial charge in [-0.3, -0.25) is 19.2 Å². The van der Waals surface area contributed by atoms with Crippen LogP contribution in [0.25, 0.3) is 0 Å². The van der Waals surface area contributed by atoms with E-state index in [0.717, 1.165) is 91.4 Å². The van der Waals surface area contributed by atoms with E-state index in [1.165, 1.54) is 30.0 Å². The molecule has 0 atom stereocenters. The van der Waals surface area contributed by atoms with Crippen molar-refractivity contribution in [3.8, 4) is 23.0 Å². The summed E-state index contributed by atoms with van der Waals surface area (Å²) in [6.45, 7) is 12.6. The molecular formula is C65H83ClN2O10. The minimum absolute atomic E-state index is 0. The van der Waals surface area contributed by atoms with E-state index in [1.54, 1.807) is 6.92 Å². The predicted molar refractivity (Wildman–Crippen MR) is 312 cm³/mol. The molecule has 0 saturated heterocycles. The number of benzene rings is 6. The first-order chi connectivity index (χ1) is 37.5. The second kappa shape index (κ2) is 40.1. The summed E-state index contributed by atoms with van der Waals surface area (Å²) in [6.07, 6.45) is 8.28. The monoisotopic (exact) mass is 1090 g/mol. The van der Waals surface area contributed by atoms with E-state index in [0.29, 0.717) is 52.2 Å². The van der Waals surface area contributed by atoms with E-state index < -0.39 is 0 Å². The Morgan fingerprint density at radius 3 is 1.37 bits per heavy atom. The number of ether oxygens (including phenoxy) is 6. The molecule has 78 heavy (non-hydrogen) atoms. The third-order valence-corrected chi connectivity index (χ3v) is 11.7. The zero-order valence-corrected chi connectivity index (χ0v) is 46.3. The first kappa shape index (κ1) is 65.1. The Labute approximate surface area is 469 Å². The number of nitrogens with zero attached hydrogens (tertiary/aromatic N) is 1. The maximum atomic E-state index is 12.2. The van der Waals surface area contributed by atoms with Crippen LogP contribution in [0.3, 0.4) is 0 Å². The van der Waals surface area contributed by atoms with Crippen molar-refractivity contribution in [1.82, 2.24) is 10.2 Å². The van der Waals surface area contributed by atoms with Crippen molar-refractivity contribution in [2.45, 2.75) is 126 Å². The van der Waals surface area contributed by atoms with Crippen LogP contribution >= 0.6 is 11.6 Å². The van der Waals surface area contributed by atoms with Gasteiger partial charge in [-0.2, -0.15) is 0 Å². The molecule has 12 nitrogen and oxygen atoms in total. The summed E-state index contributed by atoms with van der Waals surface area (Å²) in [5, 5.41) is 3.15. The number of aryl methyl sites for hydroxylation is 2. The quantitative estimate of drug-likeness (QED) is 0.0245. The minimum Gasteiger partial charge on any atom is -0.494 e. The number of esters is 2. The molecule has 420 valence electrons. The Hall–Kier alpha value is -7.15. The molecule has 1 N–H and O–H groups in total. The molecular weight excluding hydrogens is 1000 g/mol. The Bertz CT molecular complexity index is 2560. The van der Waals surface area contributed by atoms with Crippen LogP contribution in [0, 0.1) is 0 Å².